The number of ether oxygens (including phenoxy) is 3. The minimum atomic E-state index is -0.0823. The molecule has 1 heterocycles. The van der Waals surface area contributed by atoms with Crippen molar-refractivity contribution in [2.75, 3.05) is 21.3 Å². The van der Waals surface area contributed by atoms with E-state index in [0.717, 1.165) is 16.5 Å². The van der Waals surface area contributed by atoms with Gasteiger partial charge in [0.05, 0.1) is 21.3 Å². The van der Waals surface area contributed by atoms with Crippen LogP contribution in [-0.4, -0.2) is 26.3 Å². The Hall–Kier alpha value is -2.99. The number of rotatable bonds is 7. The van der Waals surface area contributed by atoms with Gasteiger partial charge >= 0.3 is 0 Å². The molecule has 3 aromatic rings. The van der Waals surface area contributed by atoms with Crippen LogP contribution in [0.4, 0.5) is 0 Å². The Balaban J connectivity index is 1.76. The molecule has 26 heavy (non-hydrogen) atoms. The maximum absolute atomic E-state index is 12.2. The minimum Gasteiger partial charge on any atom is -0.493 e. The number of nitrogens with one attached hydrogen (secondary N) is 2. The first kappa shape index (κ1) is 17.8. The number of aromatic amines is 1. The zero-order valence-electron chi connectivity index (χ0n) is 15.1. The molecule has 2 N–H and O–H groups in total. The number of hydrogen-bond acceptors (Lipinski definition) is 5. The van der Waals surface area contributed by atoms with E-state index < -0.39 is 0 Å². The predicted molar refractivity (Wildman–Crippen MR) is 101 cm³/mol. The number of H-pyrrole nitrogens is 1. The Bertz CT molecular complexity index is 940. The highest BCUT2D eigenvalue weighted by Gasteiger charge is 2.13. The van der Waals surface area contributed by atoms with Crippen LogP contribution in [-0.2, 0) is 13.1 Å². The molecule has 0 spiro atoms. The van der Waals surface area contributed by atoms with Gasteiger partial charge in [-0.2, -0.15) is 0 Å². The molecule has 3 rings (SSSR count). The van der Waals surface area contributed by atoms with Crippen LogP contribution in [0.15, 0.2) is 47.3 Å². The second kappa shape index (κ2) is 7.93. The van der Waals surface area contributed by atoms with E-state index in [1.165, 1.54) is 0 Å². The van der Waals surface area contributed by atoms with Gasteiger partial charge in [-0.05, 0) is 35.2 Å². The lowest BCUT2D eigenvalue weighted by Crippen LogP contribution is -2.20. The highest BCUT2D eigenvalue weighted by Crippen LogP contribution is 2.38. The molecule has 0 amide bonds. The summed E-state index contributed by atoms with van der Waals surface area (Å²) in [5, 5.41) is 4.30. The van der Waals surface area contributed by atoms with E-state index in [-0.39, 0.29) is 5.56 Å². The van der Waals surface area contributed by atoms with Crippen molar-refractivity contribution in [1.29, 1.82) is 0 Å². The molecule has 6 nitrogen and oxygen atoms in total. The fraction of sp³-hybridized carbons (Fsp3) is 0.250. The molecule has 0 fully saturated rings. The SMILES string of the molecule is COc1cc(CNCc2cc3ccccc3[nH]c2=O)cc(OC)c1OC. The summed E-state index contributed by atoms with van der Waals surface area (Å²) < 4.78 is 16.1. The molecule has 6 heteroatoms. The van der Waals surface area contributed by atoms with Crippen LogP contribution in [0.2, 0.25) is 0 Å². The molecule has 0 aliphatic heterocycles. The number of hydrogen-bond donors (Lipinski definition) is 2. The summed E-state index contributed by atoms with van der Waals surface area (Å²) in [6.07, 6.45) is 0. The zero-order chi connectivity index (χ0) is 18.5. The number of aromatic nitrogens is 1. The van der Waals surface area contributed by atoms with Crippen molar-refractivity contribution in [2.45, 2.75) is 13.1 Å². The lowest BCUT2D eigenvalue weighted by atomic mass is 10.1. The van der Waals surface area contributed by atoms with Gasteiger partial charge in [-0.15, -0.1) is 0 Å². The van der Waals surface area contributed by atoms with E-state index in [2.05, 4.69) is 10.3 Å². The topological polar surface area (TPSA) is 72.6 Å². The third-order valence-corrected chi connectivity index (χ3v) is 4.20. The first-order valence-electron chi connectivity index (χ1n) is 8.26. The number of methoxy groups -OCH3 is 3. The molecule has 0 bridgehead atoms. The van der Waals surface area contributed by atoms with Crippen molar-refractivity contribution >= 4 is 10.9 Å². The van der Waals surface area contributed by atoms with Crippen LogP contribution in [0.3, 0.4) is 0 Å². The Labute approximate surface area is 151 Å². The Morgan fingerprint density at radius 3 is 2.27 bits per heavy atom. The van der Waals surface area contributed by atoms with Crippen LogP contribution >= 0.6 is 0 Å². The van der Waals surface area contributed by atoms with Crippen molar-refractivity contribution in [3.05, 3.63) is 63.9 Å². The molecule has 136 valence electrons. The molecule has 1 aromatic heterocycles. The largest absolute Gasteiger partial charge is 0.493 e. The average Bonchev–Trinajstić information content (AvgIpc) is 2.67. The quantitative estimate of drug-likeness (QED) is 0.683. The van der Waals surface area contributed by atoms with Gasteiger partial charge in [-0.3, -0.25) is 4.79 Å². The van der Waals surface area contributed by atoms with Gasteiger partial charge in [0, 0.05) is 24.2 Å². The fourth-order valence-corrected chi connectivity index (χ4v) is 2.90. The van der Waals surface area contributed by atoms with Crippen molar-refractivity contribution < 1.29 is 14.2 Å². The van der Waals surface area contributed by atoms with Gasteiger partial charge in [-0.1, -0.05) is 18.2 Å². The lowest BCUT2D eigenvalue weighted by molar-refractivity contribution is 0.323. The van der Waals surface area contributed by atoms with Gasteiger partial charge in [0.1, 0.15) is 0 Å². The number of benzene rings is 2. The summed E-state index contributed by atoms with van der Waals surface area (Å²) in [6.45, 7) is 1.01. The van der Waals surface area contributed by atoms with Gasteiger partial charge in [0.15, 0.2) is 11.5 Å². The van der Waals surface area contributed by atoms with Gasteiger partial charge in [0.25, 0.3) is 5.56 Å². The molecule has 0 atom stereocenters. The lowest BCUT2D eigenvalue weighted by Gasteiger charge is -2.14. The van der Waals surface area contributed by atoms with Crippen molar-refractivity contribution in [3.63, 3.8) is 0 Å². The van der Waals surface area contributed by atoms with Crippen LogP contribution in [0.25, 0.3) is 10.9 Å². The van der Waals surface area contributed by atoms with E-state index in [4.69, 9.17) is 14.2 Å². The number of para-hydroxylation sites is 1. The van der Waals surface area contributed by atoms with Gasteiger partial charge < -0.3 is 24.5 Å². The smallest absolute Gasteiger partial charge is 0.252 e. The van der Waals surface area contributed by atoms with E-state index in [1.54, 1.807) is 21.3 Å². The summed E-state index contributed by atoms with van der Waals surface area (Å²) in [5.74, 6) is 1.77. The maximum atomic E-state index is 12.2. The second-order valence-electron chi connectivity index (χ2n) is 5.85. The normalized spacial score (nSPS) is 10.7. The molecule has 2 aromatic carbocycles. The zero-order valence-corrected chi connectivity index (χ0v) is 15.1. The molecular weight excluding hydrogens is 332 g/mol. The summed E-state index contributed by atoms with van der Waals surface area (Å²) in [5.41, 5.74) is 2.42. The standard InChI is InChI=1S/C20H22N2O4/c1-24-17-8-13(9-18(25-2)19(17)26-3)11-21-12-15-10-14-6-4-5-7-16(14)22-20(15)23/h4-10,21H,11-12H2,1-3H3,(H,22,23). The highest BCUT2D eigenvalue weighted by atomic mass is 16.5. The van der Waals surface area contributed by atoms with Crippen LogP contribution in [0.5, 0.6) is 17.2 Å². The Kier molecular flexibility index (Phi) is 5.43. The molecule has 0 aliphatic rings. The second-order valence-corrected chi connectivity index (χ2v) is 5.85. The highest BCUT2D eigenvalue weighted by molar-refractivity contribution is 5.78. The van der Waals surface area contributed by atoms with Crippen LogP contribution in [0, 0.1) is 0 Å². The first-order valence-corrected chi connectivity index (χ1v) is 8.26. The third-order valence-electron chi connectivity index (χ3n) is 4.20. The number of fused-ring (bicyclic) bond motifs is 1. The molecule has 0 unspecified atom stereocenters. The number of pyridine rings is 1. The third kappa shape index (κ3) is 3.65. The van der Waals surface area contributed by atoms with Crippen LogP contribution < -0.4 is 25.1 Å². The molecular formula is C20H22N2O4. The maximum Gasteiger partial charge on any atom is 0.252 e. The summed E-state index contributed by atoms with van der Waals surface area (Å²) in [7, 11) is 4.75. The monoisotopic (exact) mass is 354 g/mol. The Morgan fingerprint density at radius 2 is 1.62 bits per heavy atom. The molecule has 0 saturated heterocycles. The van der Waals surface area contributed by atoms with Crippen LogP contribution in [0.1, 0.15) is 11.1 Å². The van der Waals surface area contributed by atoms with Crippen molar-refractivity contribution in [2.24, 2.45) is 0 Å². The molecule has 0 aliphatic carbocycles. The first-order chi connectivity index (χ1) is 12.7. The van der Waals surface area contributed by atoms with Crippen molar-refractivity contribution in [3.8, 4) is 17.2 Å². The summed E-state index contributed by atoms with van der Waals surface area (Å²) >= 11 is 0. The summed E-state index contributed by atoms with van der Waals surface area (Å²) in [6, 6.07) is 13.4. The van der Waals surface area contributed by atoms with Crippen molar-refractivity contribution in [1.82, 2.24) is 10.3 Å². The van der Waals surface area contributed by atoms with E-state index in [9.17, 15) is 4.79 Å². The van der Waals surface area contributed by atoms with E-state index in [0.29, 0.717) is 35.9 Å². The Morgan fingerprint density at radius 1 is 0.923 bits per heavy atom. The minimum absolute atomic E-state index is 0.0823. The molecule has 0 radical (unpaired) electrons. The van der Waals surface area contributed by atoms with E-state index >= 15 is 0 Å². The van der Waals surface area contributed by atoms with Gasteiger partial charge in [-0.25, -0.2) is 0 Å². The van der Waals surface area contributed by atoms with Gasteiger partial charge in [0.2, 0.25) is 5.75 Å². The predicted octanol–water partition coefficient (Wildman–Crippen LogP) is 2.84. The fourth-order valence-electron chi connectivity index (χ4n) is 2.90. The van der Waals surface area contributed by atoms with E-state index in [1.807, 2.05) is 42.5 Å². The molecule has 0 saturated carbocycles. The average molecular weight is 354 g/mol. The summed E-state index contributed by atoms with van der Waals surface area (Å²) in [4.78, 5) is 15.1.